The minimum Gasteiger partial charge on any atom is -0.372 e. The second-order valence-electron chi connectivity index (χ2n) is 3.95. The average molecular weight is 345 g/mol. The van der Waals surface area contributed by atoms with Crippen LogP contribution in [0.3, 0.4) is 0 Å². The maximum atomic E-state index is 13.0. The van der Waals surface area contributed by atoms with Crippen molar-refractivity contribution in [3.8, 4) is 0 Å². The van der Waals surface area contributed by atoms with E-state index in [0.717, 1.165) is 15.4 Å². The summed E-state index contributed by atoms with van der Waals surface area (Å²) in [5.74, 6) is -0.622. The molecule has 0 amide bonds. The summed E-state index contributed by atoms with van der Waals surface area (Å²) in [6.07, 6.45) is 0. The third-order valence-corrected chi connectivity index (χ3v) is 4.42. The van der Waals surface area contributed by atoms with Gasteiger partial charge in [0.1, 0.15) is 11.5 Å². The number of rotatable bonds is 4. The predicted octanol–water partition coefficient (Wildman–Crippen LogP) is 4.73. The minimum absolute atomic E-state index is 0.0968. The summed E-state index contributed by atoms with van der Waals surface area (Å²) in [5.41, 5.74) is 0.0471. The lowest BCUT2D eigenvalue weighted by atomic mass is 10.2. The molecule has 100 valence electrons. The first-order valence-corrected chi connectivity index (χ1v) is 7.09. The van der Waals surface area contributed by atoms with Crippen molar-refractivity contribution in [1.29, 1.82) is 0 Å². The van der Waals surface area contributed by atoms with Crippen LogP contribution >= 0.6 is 27.3 Å². The molecule has 1 aromatic heterocycles. The van der Waals surface area contributed by atoms with Crippen LogP contribution in [0.15, 0.2) is 34.1 Å². The van der Waals surface area contributed by atoms with E-state index < -0.39 is 10.7 Å². The number of nitro benzene ring substituents is 1. The van der Waals surface area contributed by atoms with Crippen LogP contribution < -0.4 is 5.32 Å². The monoisotopic (exact) mass is 344 g/mol. The number of nitro groups is 1. The van der Waals surface area contributed by atoms with Gasteiger partial charge in [-0.15, -0.1) is 11.3 Å². The van der Waals surface area contributed by atoms with Gasteiger partial charge in [0.2, 0.25) is 0 Å². The fraction of sp³-hybridized carbons (Fsp3) is 0.167. The summed E-state index contributed by atoms with van der Waals surface area (Å²) in [5, 5.41) is 15.9. The quantitative estimate of drug-likeness (QED) is 0.644. The minimum atomic E-state index is -0.622. The van der Waals surface area contributed by atoms with Gasteiger partial charge in [-0.1, -0.05) is 0 Å². The van der Waals surface area contributed by atoms with Crippen LogP contribution in [0.5, 0.6) is 0 Å². The number of benzene rings is 1. The van der Waals surface area contributed by atoms with Crippen molar-refractivity contribution in [2.75, 3.05) is 5.32 Å². The molecule has 0 radical (unpaired) electrons. The van der Waals surface area contributed by atoms with E-state index in [4.69, 9.17) is 0 Å². The Kier molecular flexibility index (Phi) is 4.16. The van der Waals surface area contributed by atoms with Gasteiger partial charge in [-0.2, -0.15) is 0 Å². The number of hydrogen-bond donors (Lipinski definition) is 1. The molecule has 0 aliphatic carbocycles. The van der Waals surface area contributed by atoms with E-state index in [1.54, 1.807) is 11.3 Å². The molecule has 0 saturated heterocycles. The molecule has 1 unspecified atom stereocenters. The zero-order valence-corrected chi connectivity index (χ0v) is 12.3. The molecular formula is C12H10BrFN2O2S. The van der Waals surface area contributed by atoms with E-state index in [1.807, 2.05) is 18.4 Å². The van der Waals surface area contributed by atoms with Crippen LogP contribution in [0.2, 0.25) is 0 Å². The lowest BCUT2D eigenvalue weighted by Crippen LogP contribution is -2.07. The molecule has 0 aliphatic rings. The molecule has 4 nitrogen and oxygen atoms in total. The predicted molar refractivity (Wildman–Crippen MR) is 77.1 cm³/mol. The van der Waals surface area contributed by atoms with Crippen LogP contribution in [0.25, 0.3) is 0 Å². The Labute approximate surface area is 121 Å². The van der Waals surface area contributed by atoms with Crippen molar-refractivity contribution in [3.05, 3.63) is 54.9 Å². The molecule has 0 aliphatic heterocycles. The molecule has 2 rings (SSSR count). The number of thiophene rings is 1. The van der Waals surface area contributed by atoms with Gasteiger partial charge in [0.25, 0.3) is 5.69 Å². The third-order valence-electron chi connectivity index (χ3n) is 2.54. The van der Waals surface area contributed by atoms with Gasteiger partial charge >= 0.3 is 0 Å². The summed E-state index contributed by atoms with van der Waals surface area (Å²) >= 11 is 4.90. The van der Waals surface area contributed by atoms with Gasteiger partial charge in [0.15, 0.2) is 0 Å². The number of nitrogens with one attached hydrogen (secondary N) is 1. The third kappa shape index (κ3) is 3.30. The molecule has 0 fully saturated rings. The summed E-state index contributed by atoms with van der Waals surface area (Å²) < 4.78 is 14.0. The standard InChI is InChI=1S/C12H10BrFN2O2S/c1-7(12-4-8(13)6-19-12)15-10-3-2-9(14)5-11(10)16(17)18/h2-7,15H,1H3. The normalized spacial score (nSPS) is 12.2. The Balaban J connectivity index is 2.26. The van der Waals surface area contributed by atoms with Crippen LogP contribution in [0, 0.1) is 15.9 Å². The zero-order chi connectivity index (χ0) is 14.0. The first kappa shape index (κ1) is 14.0. The Morgan fingerprint density at radius 1 is 1.47 bits per heavy atom. The van der Waals surface area contributed by atoms with Crippen molar-refractivity contribution in [3.63, 3.8) is 0 Å². The van der Waals surface area contributed by atoms with Crippen LogP contribution in [0.4, 0.5) is 15.8 Å². The van der Waals surface area contributed by atoms with Gasteiger partial charge in [-0.05, 0) is 41.1 Å². The van der Waals surface area contributed by atoms with E-state index in [1.165, 1.54) is 12.1 Å². The average Bonchev–Trinajstić information content (AvgIpc) is 2.78. The highest BCUT2D eigenvalue weighted by atomic mass is 79.9. The van der Waals surface area contributed by atoms with E-state index >= 15 is 0 Å². The topological polar surface area (TPSA) is 55.2 Å². The molecule has 0 saturated carbocycles. The second-order valence-corrected chi connectivity index (χ2v) is 5.81. The highest BCUT2D eigenvalue weighted by Gasteiger charge is 2.17. The van der Waals surface area contributed by atoms with Gasteiger partial charge in [0, 0.05) is 14.7 Å². The molecular weight excluding hydrogens is 335 g/mol. The second kappa shape index (κ2) is 5.66. The fourth-order valence-electron chi connectivity index (χ4n) is 1.64. The van der Waals surface area contributed by atoms with Crippen molar-refractivity contribution in [2.24, 2.45) is 0 Å². The molecule has 1 atom stereocenters. The van der Waals surface area contributed by atoms with Crippen LogP contribution in [0.1, 0.15) is 17.8 Å². The van der Waals surface area contributed by atoms with Crippen molar-refractivity contribution >= 4 is 38.6 Å². The van der Waals surface area contributed by atoms with Gasteiger partial charge < -0.3 is 5.32 Å². The van der Waals surface area contributed by atoms with Crippen molar-refractivity contribution in [2.45, 2.75) is 13.0 Å². The first-order chi connectivity index (χ1) is 8.97. The number of nitrogens with zero attached hydrogens (tertiary/aromatic N) is 1. The summed E-state index contributed by atoms with van der Waals surface area (Å²) in [6, 6.07) is 5.34. The van der Waals surface area contributed by atoms with Crippen molar-refractivity contribution in [1.82, 2.24) is 0 Å². The smallest absolute Gasteiger partial charge is 0.295 e. The Morgan fingerprint density at radius 3 is 2.79 bits per heavy atom. The molecule has 7 heteroatoms. The largest absolute Gasteiger partial charge is 0.372 e. The van der Waals surface area contributed by atoms with Gasteiger partial charge in [0.05, 0.1) is 17.0 Å². The van der Waals surface area contributed by atoms with Crippen LogP contribution in [-0.4, -0.2) is 4.92 Å². The molecule has 0 spiro atoms. The van der Waals surface area contributed by atoms with Gasteiger partial charge in [-0.3, -0.25) is 10.1 Å². The Bertz CT molecular complexity index is 618. The fourth-order valence-corrected chi connectivity index (χ4v) is 3.09. The van der Waals surface area contributed by atoms with E-state index in [0.29, 0.717) is 5.69 Å². The molecule has 19 heavy (non-hydrogen) atoms. The number of anilines is 1. The molecule has 2 aromatic rings. The van der Waals surface area contributed by atoms with Crippen LogP contribution in [-0.2, 0) is 0 Å². The molecule has 1 aromatic carbocycles. The first-order valence-electron chi connectivity index (χ1n) is 5.42. The summed E-state index contributed by atoms with van der Waals surface area (Å²) in [7, 11) is 0. The Hall–Kier alpha value is -1.47. The lowest BCUT2D eigenvalue weighted by Gasteiger charge is -2.13. The zero-order valence-electron chi connectivity index (χ0n) is 9.89. The summed E-state index contributed by atoms with van der Waals surface area (Å²) in [6.45, 7) is 1.89. The number of halogens is 2. The highest BCUT2D eigenvalue weighted by molar-refractivity contribution is 9.10. The molecule has 0 bridgehead atoms. The highest BCUT2D eigenvalue weighted by Crippen LogP contribution is 2.31. The van der Waals surface area contributed by atoms with E-state index in [2.05, 4.69) is 21.2 Å². The van der Waals surface area contributed by atoms with E-state index in [9.17, 15) is 14.5 Å². The summed E-state index contributed by atoms with van der Waals surface area (Å²) in [4.78, 5) is 11.3. The van der Waals surface area contributed by atoms with Gasteiger partial charge in [-0.25, -0.2) is 4.39 Å². The molecule has 1 heterocycles. The SMILES string of the molecule is CC(Nc1ccc(F)cc1[N+](=O)[O-])c1cc(Br)cs1. The maximum absolute atomic E-state index is 13.0. The van der Waals surface area contributed by atoms with E-state index in [-0.39, 0.29) is 11.7 Å². The number of hydrogen-bond acceptors (Lipinski definition) is 4. The van der Waals surface area contributed by atoms with Crippen molar-refractivity contribution < 1.29 is 9.31 Å². The Morgan fingerprint density at radius 2 is 2.21 bits per heavy atom. The molecule has 1 N–H and O–H groups in total. The maximum Gasteiger partial charge on any atom is 0.295 e. The lowest BCUT2D eigenvalue weighted by molar-refractivity contribution is -0.384.